The van der Waals surface area contributed by atoms with E-state index in [0.717, 1.165) is 41.6 Å². The fraction of sp³-hybridized carbons (Fsp3) is 0.281. The third-order valence-electron chi connectivity index (χ3n) is 7.40. The van der Waals surface area contributed by atoms with Gasteiger partial charge in [0.1, 0.15) is 16.5 Å². The van der Waals surface area contributed by atoms with E-state index in [1.807, 2.05) is 49.4 Å². The number of benzene rings is 2. The number of furan rings is 1. The summed E-state index contributed by atoms with van der Waals surface area (Å²) in [6, 6.07) is 18.1. The van der Waals surface area contributed by atoms with Crippen LogP contribution in [0.1, 0.15) is 69.7 Å². The van der Waals surface area contributed by atoms with Gasteiger partial charge in [0.25, 0.3) is 5.91 Å². The van der Waals surface area contributed by atoms with Crippen molar-refractivity contribution in [3.63, 3.8) is 0 Å². The molecular weight excluding hydrogens is 508 g/mol. The Morgan fingerprint density at radius 1 is 1.10 bits per heavy atom. The molecule has 0 saturated heterocycles. The normalized spacial score (nSPS) is 15.3. The predicted molar refractivity (Wildman–Crippen MR) is 157 cm³/mol. The number of carbonyl (C=O) groups is 2. The Hall–Kier alpha value is -3.97. The molecule has 0 aliphatic heterocycles. The molecule has 1 aliphatic rings. The van der Waals surface area contributed by atoms with Crippen LogP contribution in [0.2, 0.25) is 0 Å². The highest BCUT2D eigenvalue weighted by atomic mass is 32.1. The van der Waals surface area contributed by atoms with Crippen LogP contribution in [0.3, 0.4) is 0 Å². The van der Waals surface area contributed by atoms with Crippen LogP contribution < -0.4 is 5.32 Å². The molecule has 1 aliphatic carbocycles. The summed E-state index contributed by atoms with van der Waals surface area (Å²) in [5.74, 6) is 0.631. The first-order valence-electron chi connectivity index (χ1n) is 13.1. The molecule has 39 heavy (non-hydrogen) atoms. The van der Waals surface area contributed by atoms with Crippen molar-refractivity contribution in [1.29, 1.82) is 0 Å². The molecule has 0 spiro atoms. The zero-order valence-electron chi connectivity index (χ0n) is 22.6. The molecular formula is C32H32N2O4S. The smallest absolute Gasteiger partial charge is 0.335 e. The van der Waals surface area contributed by atoms with Crippen LogP contribution in [0.5, 0.6) is 0 Å². The molecule has 2 N–H and O–H groups in total. The van der Waals surface area contributed by atoms with Crippen molar-refractivity contribution < 1.29 is 19.1 Å². The van der Waals surface area contributed by atoms with Gasteiger partial charge in [-0.05, 0) is 85.0 Å². The standard InChI is InChI=1S/C32H32N2O4S/c1-19-16-20(31(36)37)10-13-24(19)26-15-12-23(38-26)18-33-30-28(29(35)34-22-8-6-5-7-9-22)25-14-11-21(32(2,3)4)17-27(25)39-30/h5-10,12-13,15-16,18,21H,11,14,17H2,1-4H3,(H,34,35)(H,36,37)/t21-/m1/s1. The van der Waals surface area contributed by atoms with Gasteiger partial charge in [-0.1, -0.05) is 45.0 Å². The molecule has 0 radical (unpaired) electrons. The number of thiophene rings is 1. The Kier molecular flexibility index (Phi) is 7.28. The molecule has 0 saturated carbocycles. The Bertz CT molecular complexity index is 1560. The SMILES string of the molecule is Cc1cc(C(=O)O)ccc1-c1ccc(C=Nc2sc3c(c2C(=O)Nc2ccccc2)CC[C@@H](C(C)(C)C)C3)o1. The van der Waals surface area contributed by atoms with Gasteiger partial charge in [-0.3, -0.25) is 4.79 Å². The molecule has 6 nitrogen and oxygen atoms in total. The van der Waals surface area contributed by atoms with E-state index in [9.17, 15) is 14.7 Å². The van der Waals surface area contributed by atoms with Crippen LogP contribution in [0.4, 0.5) is 10.7 Å². The van der Waals surface area contributed by atoms with Gasteiger partial charge in [-0.25, -0.2) is 9.79 Å². The Morgan fingerprint density at radius 2 is 1.87 bits per heavy atom. The van der Waals surface area contributed by atoms with Gasteiger partial charge in [0, 0.05) is 16.1 Å². The largest absolute Gasteiger partial charge is 0.478 e. The summed E-state index contributed by atoms with van der Waals surface area (Å²) in [5.41, 5.74) is 4.57. The van der Waals surface area contributed by atoms with E-state index in [0.29, 0.717) is 28.0 Å². The maximum Gasteiger partial charge on any atom is 0.335 e. The number of carboxylic acid groups (broad SMARTS) is 1. The molecule has 1 amide bonds. The van der Waals surface area contributed by atoms with Crippen LogP contribution >= 0.6 is 11.3 Å². The molecule has 200 valence electrons. The van der Waals surface area contributed by atoms with E-state index in [-0.39, 0.29) is 16.9 Å². The predicted octanol–water partition coefficient (Wildman–Crippen LogP) is 8.17. The molecule has 0 fully saturated rings. The number of nitrogens with one attached hydrogen (secondary N) is 1. The Morgan fingerprint density at radius 3 is 2.56 bits per heavy atom. The Balaban J connectivity index is 1.46. The van der Waals surface area contributed by atoms with Gasteiger partial charge in [-0.15, -0.1) is 11.3 Å². The quantitative estimate of drug-likeness (QED) is 0.241. The number of aryl methyl sites for hydroxylation is 1. The van der Waals surface area contributed by atoms with Crippen molar-refractivity contribution in [2.45, 2.75) is 47.0 Å². The van der Waals surface area contributed by atoms with Gasteiger partial charge in [0.15, 0.2) is 0 Å². The lowest BCUT2D eigenvalue weighted by Gasteiger charge is -2.33. The minimum atomic E-state index is -0.962. The number of aliphatic imine (C=N–C) groups is 1. The fourth-order valence-corrected chi connectivity index (χ4v) is 6.38. The van der Waals surface area contributed by atoms with E-state index in [4.69, 9.17) is 9.41 Å². The lowest BCUT2D eigenvalue weighted by molar-refractivity contribution is 0.0696. The van der Waals surface area contributed by atoms with Crippen LogP contribution in [0.25, 0.3) is 11.3 Å². The lowest BCUT2D eigenvalue weighted by atomic mass is 9.72. The molecule has 0 bridgehead atoms. The molecule has 0 unspecified atom stereocenters. The van der Waals surface area contributed by atoms with Crippen molar-refractivity contribution >= 4 is 40.1 Å². The minimum Gasteiger partial charge on any atom is -0.478 e. The van der Waals surface area contributed by atoms with E-state index >= 15 is 0 Å². The highest BCUT2D eigenvalue weighted by molar-refractivity contribution is 7.16. The van der Waals surface area contributed by atoms with Gasteiger partial charge in [-0.2, -0.15) is 0 Å². The number of rotatable bonds is 6. The third kappa shape index (κ3) is 5.73. The zero-order valence-corrected chi connectivity index (χ0v) is 23.4. The summed E-state index contributed by atoms with van der Waals surface area (Å²) in [4.78, 5) is 30.8. The minimum absolute atomic E-state index is 0.144. The first kappa shape index (κ1) is 26.6. The molecule has 2 heterocycles. The maximum absolute atomic E-state index is 13.5. The first-order chi connectivity index (χ1) is 18.6. The van der Waals surface area contributed by atoms with Crippen LogP contribution in [-0.4, -0.2) is 23.2 Å². The monoisotopic (exact) mass is 540 g/mol. The fourth-order valence-electron chi connectivity index (χ4n) is 5.11. The van der Waals surface area contributed by atoms with Crippen molar-refractivity contribution in [3.8, 4) is 11.3 Å². The van der Waals surface area contributed by atoms with E-state index in [1.54, 1.807) is 35.8 Å². The second-order valence-corrected chi connectivity index (χ2v) is 12.2. The summed E-state index contributed by atoms with van der Waals surface area (Å²) in [7, 11) is 0. The molecule has 2 aromatic heterocycles. The van der Waals surface area contributed by atoms with Gasteiger partial charge in [0.2, 0.25) is 0 Å². The average molecular weight is 541 g/mol. The van der Waals surface area contributed by atoms with Crippen LogP contribution in [0.15, 0.2) is 70.1 Å². The molecule has 7 heteroatoms. The topological polar surface area (TPSA) is 91.9 Å². The van der Waals surface area contributed by atoms with Crippen LogP contribution in [-0.2, 0) is 12.8 Å². The number of carboxylic acids is 1. The molecule has 5 rings (SSSR count). The number of amides is 1. The van der Waals surface area contributed by atoms with E-state index in [1.165, 1.54) is 4.88 Å². The summed E-state index contributed by atoms with van der Waals surface area (Å²) >= 11 is 1.59. The highest BCUT2D eigenvalue weighted by Gasteiger charge is 2.33. The second kappa shape index (κ2) is 10.7. The van der Waals surface area contributed by atoms with Crippen LogP contribution in [0, 0.1) is 18.3 Å². The maximum atomic E-state index is 13.5. The van der Waals surface area contributed by atoms with E-state index in [2.05, 4.69) is 26.1 Å². The summed E-state index contributed by atoms with van der Waals surface area (Å²) in [6.07, 6.45) is 4.50. The second-order valence-electron chi connectivity index (χ2n) is 11.1. The summed E-state index contributed by atoms with van der Waals surface area (Å²) < 4.78 is 6.04. The number of fused-ring (bicyclic) bond motifs is 1. The number of para-hydroxylation sites is 1. The number of aromatic carboxylic acids is 1. The highest BCUT2D eigenvalue weighted by Crippen LogP contribution is 2.45. The Labute approximate surface area is 232 Å². The number of carbonyl (C=O) groups excluding carboxylic acids is 1. The van der Waals surface area contributed by atoms with Crippen molar-refractivity contribution in [3.05, 3.63) is 93.6 Å². The lowest BCUT2D eigenvalue weighted by Crippen LogP contribution is -2.27. The summed E-state index contributed by atoms with van der Waals surface area (Å²) in [6.45, 7) is 8.70. The van der Waals surface area contributed by atoms with Crippen molar-refractivity contribution in [2.75, 3.05) is 5.32 Å². The van der Waals surface area contributed by atoms with Crippen molar-refractivity contribution in [2.24, 2.45) is 16.3 Å². The van der Waals surface area contributed by atoms with Gasteiger partial charge >= 0.3 is 5.97 Å². The van der Waals surface area contributed by atoms with E-state index < -0.39 is 5.97 Å². The average Bonchev–Trinajstić information content (AvgIpc) is 3.51. The summed E-state index contributed by atoms with van der Waals surface area (Å²) in [5, 5.41) is 13.0. The molecule has 2 aromatic carbocycles. The van der Waals surface area contributed by atoms with Crippen molar-refractivity contribution in [1.82, 2.24) is 0 Å². The first-order valence-corrected chi connectivity index (χ1v) is 13.9. The zero-order chi connectivity index (χ0) is 27.7. The van der Waals surface area contributed by atoms with Gasteiger partial charge in [0.05, 0.1) is 17.3 Å². The third-order valence-corrected chi connectivity index (χ3v) is 8.57. The number of hydrogen-bond acceptors (Lipinski definition) is 5. The number of hydrogen-bond donors (Lipinski definition) is 2. The van der Waals surface area contributed by atoms with Gasteiger partial charge < -0.3 is 14.8 Å². The number of nitrogens with zero attached hydrogens (tertiary/aromatic N) is 1. The molecule has 1 atom stereocenters. The number of anilines is 1. The molecule has 4 aromatic rings.